The second-order valence-corrected chi connectivity index (χ2v) is 6.74. The summed E-state index contributed by atoms with van der Waals surface area (Å²) in [6.45, 7) is 5.10. The minimum Gasteiger partial charge on any atom is -0.347 e. The number of rotatable bonds is 5. The van der Waals surface area contributed by atoms with Gasteiger partial charge in [0, 0.05) is 59.2 Å². The number of aromatic nitrogens is 3. The summed E-state index contributed by atoms with van der Waals surface area (Å²) in [7, 11) is 1.86. The molecule has 3 rings (SSSR count). The maximum atomic E-state index is 12.8. The largest absolute Gasteiger partial charge is 0.347 e. The van der Waals surface area contributed by atoms with E-state index in [0.29, 0.717) is 36.9 Å². The lowest BCUT2D eigenvalue weighted by Gasteiger charge is -2.39. The molecule has 1 aliphatic rings. The van der Waals surface area contributed by atoms with E-state index in [2.05, 4.69) is 10.1 Å². The predicted molar refractivity (Wildman–Crippen MR) is 94.5 cm³/mol. The first kappa shape index (κ1) is 18.2. The third-order valence-corrected chi connectivity index (χ3v) is 4.84. The van der Waals surface area contributed by atoms with Gasteiger partial charge in [-0.15, -0.1) is 0 Å². The molecule has 0 radical (unpaired) electrons. The van der Waals surface area contributed by atoms with Gasteiger partial charge < -0.3 is 18.9 Å². The third kappa shape index (κ3) is 3.95. The van der Waals surface area contributed by atoms with Crippen LogP contribution in [0.5, 0.6) is 0 Å². The predicted octanol–water partition coefficient (Wildman–Crippen LogP) is 1.41. The molecule has 26 heavy (non-hydrogen) atoms. The molecule has 1 aliphatic heterocycles. The number of amides is 2. The Bertz CT molecular complexity index is 781. The summed E-state index contributed by atoms with van der Waals surface area (Å²) in [6.07, 6.45) is 4.18. The Morgan fingerprint density at radius 3 is 2.85 bits per heavy atom. The molecule has 0 bridgehead atoms. The molecule has 2 aromatic rings. The van der Waals surface area contributed by atoms with E-state index in [1.807, 2.05) is 39.7 Å². The van der Waals surface area contributed by atoms with Gasteiger partial charge in [0.25, 0.3) is 5.91 Å². The van der Waals surface area contributed by atoms with Crippen molar-refractivity contribution in [3.63, 3.8) is 0 Å². The monoisotopic (exact) mass is 359 g/mol. The van der Waals surface area contributed by atoms with Crippen LogP contribution in [0.4, 0.5) is 0 Å². The summed E-state index contributed by atoms with van der Waals surface area (Å²) in [4.78, 5) is 32.8. The van der Waals surface area contributed by atoms with Crippen LogP contribution in [0.1, 0.15) is 42.0 Å². The van der Waals surface area contributed by atoms with Crippen molar-refractivity contribution in [2.24, 2.45) is 7.05 Å². The van der Waals surface area contributed by atoms with Gasteiger partial charge in [0.2, 0.25) is 11.8 Å². The highest BCUT2D eigenvalue weighted by molar-refractivity contribution is 5.92. The number of likely N-dealkylation sites (tertiary alicyclic amines) is 1. The topological polar surface area (TPSA) is 84.5 Å². The van der Waals surface area contributed by atoms with E-state index >= 15 is 0 Å². The fourth-order valence-electron chi connectivity index (χ4n) is 3.50. The van der Waals surface area contributed by atoms with Crippen LogP contribution in [0, 0.1) is 6.92 Å². The zero-order valence-electron chi connectivity index (χ0n) is 15.5. The van der Waals surface area contributed by atoms with E-state index in [4.69, 9.17) is 4.52 Å². The smallest absolute Gasteiger partial charge is 0.270 e. The fraction of sp³-hybridized carbons (Fsp3) is 0.556. The lowest BCUT2D eigenvalue weighted by molar-refractivity contribution is -0.132. The van der Waals surface area contributed by atoms with Gasteiger partial charge in [0.05, 0.1) is 0 Å². The van der Waals surface area contributed by atoms with Crippen LogP contribution < -0.4 is 0 Å². The fourth-order valence-corrected chi connectivity index (χ4v) is 3.50. The van der Waals surface area contributed by atoms with Crippen molar-refractivity contribution in [1.82, 2.24) is 24.5 Å². The zero-order valence-corrected chi connectivity index (χ0v) is 15.5. The average Bonchev–Trinajstić information content (AvgIpc) is 3.22. The Morgan fingerprint density at radius 1 is 1.42 bits per heavy atom. The van der Waals surface area contributed by atoms with Gasteiger partial charge in [-0.05, 0) is 25.0 Å². The molecule has 1 fully saturated rings. The summed E-state index contributed by atoms with van der Waals surface area (Å²) in [5, 5.41) is 3.89. The molecule has 8 nitrogen and oxygen atoms in total. The van der Waals surface area contributed by atoms with Crippen LogP contribution in [0.2, 0.25) is 0 Å². The van der Waals surface area contributed by atoms with E-state index < -0.39 is 0 Å². The van der Waals surface area contributed by atoms with Crippen LogP contribution in [-0.2, 0) is 18.3 Å². The van der Waals surface area contributed by atoms with E-state index in [0.717, 1.165) is 19.4 Å². The molecule has 0 saturated carbocycles. The van der Waals surface area contributed by atoms with Crippen molar-refractivity contribution >= 4 is 11.8 Å². The lowest BCUT2D eigenvalue weighted by atomic mass is 10.0. The molecular weight excluding hydrogens is 334 g/mol. The highest BCUT2D eigenvalue weighted by atomic mass is 16.5. The number of hydrogen-bond donors (Lipinski definition) is 0. The first-order valence-electron chi connectivity index (χ1n) is 8.92. The van der Waals surface area contributed by atoms with Gasteiger partial charge in [-0.1, -0.05) is 5.16 Å². The molecule has 1 unspecified atom stereocenters. The van der Waals surface area contributed by atoms with Gasteiger partial charge in [0.1, 0.15) is 5.69 Å². The number of hydrogen-bond acceptors (Lipinski definition) is 5. The number of piperidine rings is 1. The van der Waals surface area contributed by atoms with Crippen LogP contribution in [0.15, 0.2) is 22.9 Å². The van der Waals surface area contributed by atoms with Crippen molar-refractivity contribution in [3.05, 3.63) is 35.7 Å². The van der Waals surface area contributed by atoms with Crippen molar-refractivity contribution in [1.29, 1.82) is 0 Å². The first-order chi connectivity index (χ1) is 12.5. The number of carbonyl (C=O) groups is 2. The molecule has 0 N–H and O–H groups in total. The summed E-state index contributed by atoms with van der Waals surface area (Å²) < 4.78 is 6.81. The van der Waals surface area contributed by atoms with Crippen molar-refractivity contribution in [2.75, 3.05) is 19.6 Å². The second-order valence-electron chi connectivity index (χ2n) is 6.74. The molecule has 2 aromatic heterocycles. The first-order valence-corrected chi connectivity index (χ1v) is 8.92. The molecular formula is C18H25N5O3. The zero-order chi connectivity index (χ0) is 18.7. The Labute approximate surface area is 152 Å². The average molecular weight is 359 g/mol. The molecule has 8 heteroatoms. The van der Waals surface area contributed by atoms with Crippen LogP contribution in [0.3, 0.4) is 0 Å². The van der Waals surface area contributed by atoms with Gasteiger partial charge in [-0.3, -0.25) is 9.59 Å². The molecule has 0 aromatic carbocycles. The Balaban J connectivity index is 1.66. The maximum absolute atomic E-state index is 12.8. The van der Waals surface area contributed by atoms with Crippen molar-refractivity contribution in [2.45, 2.75) is 39.2 Å². The van der Waals surface area contributed by atoms with E-state index in [-0.39, 0.29) is 17.9 Å². The summed E-state index contributed by atoms with van der Waals surface area (Å²) >= 11 is 0. The third-order valence-electron chi connectivity index (χ3n) is 4.84. The normalized spacial score (nSPS) is 17.3. The highest BCUT2D eigenvalue weighted by Gasteiger charge is 2.30. The Kier molecular flexibility index (Phi) is 5.39. The minimum atomic E-state index is 0.00313. The van der Waals surface area contributed by atoms with E-state index in [1.165, 1.54) is 0 Å². The highest BCUT2D eigenvalue weighted by Crippen LogP contribution is 2.19. The van der Waals surface area contributed by atoms with Gasteiger partial charge >= 0.3 is 0 Å². The molecule has 1 atom stereocenters. The molecule has 1 saturated heterocycles. The number of carbonyl (C=O) groups excluding carboxylic acids is 2. The lowest BCUT2D eigenvalue weighted by Crippen LogP contribution is -2.52. The summed E-state index contributed by atoms with van der Waals surface area (Å²) in [6, 6.07) is 3.70. The molecule has 3 heterocycles. The van der Waals surface area contributed by atoms with E-state index in [1.54, 1.807) is 13.8 Å². The molecule has 0 spiro atoms. The molecule has 140 valence electrons. The van der Waals surface area contributed by atoms with Gasteiger partial charge in [-0.25, -0.2) is 0 Å². The SMILES string of the molecule is CC(=O)N(CCc1noc(C)n1)C1CCCN(C(=O)c2cccn2C)C1. The molecule has 0 aliphatic carbocycles. The quantitative estimate of drug-likeness (QED) is 0.806. The van der Waals surface area contributed by atoms with Gasteiger partial charge in [0.15, 0.2) is 5.82 Å². The van der Waals surface area contributed by atoms with Gasteiger partial charge in [-0.2, -0.15) is 4.98 Å². The maximum Gasteiger partial charge on any atom is 0.270 e. The Morgan fingerprint density at radius 2 is 2.23 bits per heavy atom. The second kappa shape index (κ2) is 7.72. The van der Waals surface area contributed by atoms with E-state index in [9.17, 15) is 9.59 Å². The van der Waals surface area contributed by atoms with Crippen molar-refractivity contribution in [3.8, 4) is 0 Å². The van der Waals surface area contributed by atoms with Crippen LogP contribution in [0.25, 0.3) is 0 Å². The summed E-state index contributed by atoms with van der Waals surface area (Å²) in [5.41, 5.74) is 0.669. The minimum absolute atomic E-state index is 0.00313. The summed E-state index contributed by atoms with van der Waals surface area (Å²) in [5.74, 6) is 1.13. The standard InChI is InChI=1S/C18H25N5O3/c1-13-19-17(20-26-13)8-11-23(14(2)24)15-6-4-10-22(12-15)18(25)16-7-5-9-21(16)3/h5,7,9,15H,4,6,8,10-12H2,1-3H3. The van der Waals surface area contributed by atoms with Crippen LogP contribution >= 0.6 is 0 Å². The Hall–Kier alpha value is -2.64. The number of aryl methyl sites for hydroxylation is 2. The van der Waals surface area contributed by atoms with Crippen molar-refractivity contribution < 1.29 is 14.1 Å². The number of nitrogens with zero attached hydrogens (tertiary/aromatic N) is 5. The van der Waals surface area contributed by atoms with Crippen LogP contribution in [-0.4, -0.2) is 62.0 Å². The molecule has 2 amide bonds.